The maximum atomic E-state index is 12.7. The quantitative estimate of drug-likeness (QED) is 0.673. The molecule has 0 saturated heterocycles. The highest BCUT2D eigenvalue weighted by Crippen LogP contribution is 2.24. The first kappa shape index (κ1) is 18.7. The molecule has 0 heterocycles. The highest BCUT2D eigenvalue weighted by Gasteiger charge is 2.25. The van der Waals surface area contributed by atoms with Gasteiger partial charge < -0.3 is 4.74 Å². The monoisotopic (exact) mass is 353 g/mol. The van der Waals surface area contributed by atoms with Crippen molar-refractivity contribution < 1.29 is 13.2 Å². The Bertz CT molecular complexity index is 561. The molecule has 1 rings (SSSR count). The summed E-state index contributed by atoms with van der Waals surface area (Å²) in [6, 6.07) is 4.64. The number of sulfonamides is 1. The molecular weight excluding hydrogens is 333 g/mol. The Morgan fingerprint density at radius 2 is 2.00 bits per heavy atom. The molecule has 0 saturated carbocycles. The highest BCUT2D eigenvalue weighted by molar-refractivity contribution is 7.89. The zero-order chi connectivity index (χ0) is 16.0. The fourth-order valence-corrected chi connectivity index (χ4v) is 4.08. The van der Waals surface area contributed by atoms with Crippen LogP contribution in [0.3, 0.4) is 0 Å². The molecule has 0 bridgehead atoms. The molecule has 21 heavy (non-hydrogen) atoms. The summed E-state index contributed by atoms with van der Waals surface area (Å²) >= 11 is 11.8. The standard InChI is InChI=1S/C14H21Cl2NO3S/c1-11(2)10-17(6-7-20-3)21(18,19)13-5-4-12(9-15)14(16)8-13/h4-5,8,11H,6-7,9-10H2,1-3H3. The first-order valence-corrected chi connectivity index (χ1v) is 9.01. The molecule has 0 spiro atoms. The Morgan fingerprint density at radius 1 is 1.33 bits per heavy atom. The van der Waals surface area contributed by atoms with Gasteiger partial charge in [0.05, 0.1) is 11.5 Å². The van der Waals surface area contributed by atoms with Gasteiger partial charge in [-0.25, -0.2) is 8.42 Å². The van der Waals surface area contributed by atoms with Crippen molar-refractivity contribution in [1.29, 1.82) is 0 Å². The summed E-state index contributed by atoms with van der Waals surface area (Å²) in [5.74, 6) is 0.465. The van der Waals surface area contributed by atoms with Crippen LogP contribution in [-0.4, -0.2) is 39.5 Å². The molecule has 0 radical (unpaired) electrons. The molecule has 1 aromatic rings. The number of methoxy groups -OCH3 is 1. The van der Waals surface area contributed by atoms with E-state index in [2.05, 4.69) is 0 Å². The normalized spacial score (nSPS) is 12.3. The zero-order valence-corrected chi connectivity index (χ0v) is 14.8. The molecule has 4 nitrogen and oxygen atoms in total. The van der Waals surface area contributed by atoms with Gasteiger partial charge in [-0.1, -0.05) is 31.5 Å². The van der Waals surface area contributed by atoms with Gasteiger partial charge in [0.25, 0.3) is 0 Å². The van der Waals surface area contributed by atoms with E-state index < -0.39 is 10.0 Å². The van der Waals surface area contributed by atoms with E-state index in [1.165, 1.54) is 10.4 Å². The van der Waals surface area contributed by atoms with E-state index in [1.54, 1.807) is 19.2 Å². The molecule has 0 atom stereocenters. The Morgan fingerprint density at radius 3 is 2.48 bits per heavy atom. The molecule has 1 aromatic carbocycles. The average molecular weight is 354 g/mol. The van der Waals surface area contributed by atoms with E-state index >= 15 is 0 Å². The minimum Gasteiger partial charge on any atom is -0.383 e. The van der Waals surface area contributed by atoms with Crippen molar-refractivity contribution in [1.82, 2.24) is 4.31 Å². The van der Waals surface area contributed by atoms with Gasteiger partial charge in [-0.2, -0.15) is 4.31 Å². The molecular formula is C14H21Cl2NO3S. The Labute approximate surface area is 137 Å². The van der Waals surface area contributed by atoms with Crippen molar-refractivity contribution in [3.05, 3.63) is 28.8 Å². The van der Waals surface area contributed by atoms with E-state index in [9.17, 15) is 8.42 Å². The molecule has 0 aliphatic carbocycles. The summed E-state index contributed by atoms with van der Waals surface area (Å²) in [5.41, 5.74) is 0.713. The van der Waals surface area contributed by atoms with Crippen LogP contribution in [0.4, 0.5) is 0 Å². The van der Waals surface area contributed by atoms with Crippen molar-refractivity contribution in [3.8, 4) is 0 Å². The number of hydrogen-bond acceptors (Lipinski definition) is 3. The van der Waals surface area contributed by atoms with Gasteiger partial charge in [-0.15, -0.1) is 11.6 Å². The van der Waals surface area contributed by atoms with Gasteiger partial charge >= 0.3 is 0 Å². The maximum absolute atomic E-state index is 12.7. The first-order chi connectivity index (χ1) is 9.82. The third-order valence-corrected chi connectivity index (χ3v) is 5.42. The van der Waals surface area contributed by atoms with Crippen LogP contribution < -0.4 is 0 Å². The third kappa shape index (κ3) is 5.11. The number of halogens is 2. The summed E-state index contributed by atoms with van der Waals surface area (Å²) in [7, 11) is -2.04. The van der Waals surface area contributed by atoms with Crippen LogP contribution in [-0.2, 0) is 20.6 Å². The van der Waals surface area contributed by atoms with Gasteiger partial charge in [0.2, 0.25) is 10.0 Å². The van der Waals surface area contributed by atoms with Crippen LogP contribution in [0.25, 0.3) is 0 Å². The topological polar surface area (TPSA) is 46.6 Å². The van der Waals surface area contributed by atoms with E-state index in [-0.39, 0.29) is 16.7 Å². The van der Waals surface area contributed by atoms with E-state index in [0.29, 0.717) is 30.3 Å². The van der Waals surface area contributed by atoms with E-state index in [1.807, 2.05) is 13.8 Å². The largest absolute Gasteiger partial charge is 0.383 e. The highest BCUT2D eigenvalue weighted by atomic mass is 35.5. The lowest BCUT2D eigenvalue weighted by atomic mass is 10.2. The number of hydrogen-bond donors (Lipinski definition) is 0. The van der Waals surface area contributed by atoms with Crippen molar-refractivity contribution in [2.24, 2.45) is 5.92 Å². The van der Waals surface area contributed by atoms with E-state index in [0.717, 1.165) is 0 Å². The predicted octanol–water partition coefficient (Wildman–Crippen LogP) is 3.37. The molecule has 7 heteroatoms. The van der Waals surface area contributed by atoms with Crippen LogP contribution in [0, 0.1) is 5.92 Å². The lowest BCUT2D eigenvalue weighted by Gasteiger charge is -2.24. The van der Waals surface area contributed by atoms with Crippen LogP contribution in [0.2, 0.25) is 5.02 Å². The predicted molar refractivity (Wildman–Crippen MR) is 86.5 cm³/mol. The molecule has 0 aromatic heterocycles. The minimum atomic E-state index is -3.59. The number of ether oxygens (including phenoxy) is 1. The average Bonchev–Trinajstić information content (AvgIpc) is 2.42. The molecule has 120 valence electrons. The summed E-state index contributed by atoms with van der Waals surface area (Å²) in [6.07, 6.45) is 0. The Balaban J connectivity index is 3.12. The first-order valence-electron chi connectivity index (χ1n) is 6.66. The Kier molecular flexibility index (Phi) is 7.44. The molecule has 0 fully saturated rings. The van der Waals surface area contributed by atoms with Gasteiger partial charge in [0.1, 0.15) is 0 Å². The fourth-order valence-electron chi connectivity index (χ4n) is 1.86. The summed E-state index contributed by atoms with van der Waals surface area (Å²) < 4.78 is 31.8. The van der Waals surface area contributed by atoms with Crippen molar-refractivity contribution in [2.45, 2.75) is 24.6 Å². The van der Waals surface area contributed by atoms with Gasteiger partial charge in [-0.05, 0) is 23.6 Å². The third-order valence-electron chi connectivity index (χ3n) is 2.92. The Hall–Kier alpha value is -0.330. The summed E-state index contributed by atoms with van der Waals surface area (Å²) in [5, 5.41) is 0.363. The van der Waals surface area contributed by atoms with Crippen LogP contribution in [0.1, 0.15) is 19.4 Å². The van der Waals surface area contributed by atoms with Gasteiger partial charge in [0, 0.05) is 31.1 Å². The number of rotatable bonds is 8. The fraction of sp³-hybridized carbons (Fsp3) is 0.571. The lowest BCUT2D eigenvalue weighted by molar-refractivity contribution is 0.175. The lowest BCUT2D eigenvalue weighted by Crippen LogP contribution is -2.36. The van der Waals surface area contributed by atoms with Crippen LogP contribution in [0.5, 0.6) is 0 Å². The number of nitrogens with zero attached hydrogens (tertiary/aromatic N) is 1. The van der Waals surface area contributed by atoms with Gasteiger partial charge in [0.15, 0.2) is 0 Å². The summed E-state index contributed by atoms with van der Waals surface area (Å²) in [4.78, 5) is 0.179. The minimum absolute atomic E-state index is 0.179. The van der Waals surface area contributed by atoms with Crippen LogP contribution >= 0.6 is 23.2 Å². The van der Waals surface area contributed by atoms with E-state index in [4.69, 9.17) is 27.9 Å². The second kappa shape index (κ2) is 8.34. The van der Waals surface area contributed by atoms with Gasteiger partial charge in [-0.3, -0.25) is 0 Å². The van der Waals surface area contributed by atoms with Crippen molar-refractivity contribution in [3.63, 3.8) is 0 Å². The maximum Gasteiger partial charge on any atom is 0.243 e. The van der Waals surface area contributed by atoms with Crippen molar-refractivity contribution in [2.75, 3.05) is 26.8 Å². The molecule has 0 aliphatic heterocycles. The SMILES string of the molecule is COCCN(CC(C)C)S(=O)(=O)c1ccc(CCl)c(Cl)c1. The summed E-state index contributed by atoms with van der Waals surface area (Å²) in [6.45, 7) is 5.03. The molecule has 0 N–H and O–H groups in total. The number of alkyl halides is 1. The number of benzene rings is 1. The molecule has 0 amide bonds. The zero-order valence-electron chi connectivity index (χ0n) is 12.5. The smallest absolute Gasteiger partial charge is 0.243 e. The molecule has 0 unspecified atom stereocenters. The van der Waals surface area contributed by atoms with Crippen LogP contribution in [0.15, 0.2) is 23.1 Å². The van der Waals surface area contributed by atoms with Crippen molar-refractivity contribution >= 4 is 33.2 Å². The molecule has 0 aliphatic rings. The second-order valence-corrected chi connectivity index (χ2v) is 7.75. The second-order valence-electron chi connectivity index (χ2n) is 5.14.